The van der Waals surface area contributed by atoms with Crippen LogP contribution < -0.4 is 0 Å². The summed E-state index contributed by atoms with van der Waals surface area (Å²) in [5.74, 6) is 0.784. The zero-order chi connectivity index (χ0) is 6.69. The predicted octanol–water partition coefficient (Wildman–Crippen LogP) is 2.05. The first-order chi connectivity index (χ1) is 4.36. The molecule has 46 valence electrons. The van der Waals surface area contributed by atoms with Gasteiger partial charge in [-0.2, -0.15) is 5.26 Å². The van der Waals surface area contributed by atoms with Crippen LogP contribution in [0.2, 0.25) is 0 Å². The Morgan fingerprint density at radius 2 is 2.56 bits per heavy atom. The van der Waals surface area contributed by atoms with Crippen LogP contribution in [0.25, 0.3) is 0 Å². The first-order valence-electron chi connectivity index (χ1n) is 2.40. The van der Waals surface area contributed by atoms with Crippen molar-refractivity contribution in [3.63, 3.8) is 0 Å². The fourth-order valence-electron chi connectivity index (χ4n) is 0.509. The zero-order valence-electron chi connectivity index (χ0n) is 4.60. The Balaban J connectivity index is 2.90. The van der Waals surface area contributed by atoms with Gasteiger partial charge in [0.2, 0.25) is 0 Å². The Kier molecular flexibility index (Phi) is 1.91. The van der Waals surface area contributed by atoms with Gasteiger partial charge in [-0.3, -0.25) is 0 Å². The second kappa shape index (κ2) is 2.70. The predicted molar refractivity (Wildman–Crippen MR) is 36.1 cm³/mol. The summed E-state index contributed by atoms with van der Waals surface area (Å²) in [6.07, 6.45) is 1.44. The molecule has 0 radical (unpaired) electrons. The van der Waals surface area contributed by atoms with Gasteiger partial charge in [0, 0.05) is 0 Å². The highest BCUT2D eigenvalue weighted by Crippen LogP contribution is 2.09. The maximum absolute atomic E-state index is 8.32. The minimum atomic E-state index is 0.574. The van der Waals surface area contributed by atoms with Gasteiger partial charge in [-0.05, 0) is 6.07 Å². The maximum atomic E-state index is 8.32. The summed E-state index contributed by atoms with van der Waals surface area (Å²) in [6, 6.07) is 3.67. The quantitative estimate of drug-likeness (QED) is 0.629. The van der Waals surface area contributed by atoms with E-state index in [1.807, 2.05) is 6.07 Å². The minimum Gasteiger partial charge on any atom is -0.467 e. The van der Waals surface area contributed by atoms with Crippen LogP contribution in [-0.4, -0.2) is 0 Å². The maximum Gasteiger partial charge on any atom is 0.115 e. The van der Waals surface area contributed by atoms with Crippen LogP contribution in [0.15, 0.2) is 16.7 Å². The fraction of sp³-hybridized carbons (Fsp3) is 0.167. The molecule has 0 unspecified atom stereocenters. The number of hydrogen-bond donors (Lipinski definition) is 0. The van der Waals surface area contributed by atoms with E-state index in [9.17, 15) is 0 Å². The van der Waals surface area contributed by atoms with Crippen molar-refractivity contribution in [2.75, 3.05) is 0 Å². The van der Waals surface area contributed by atoms with Crippen molar-refractivity contribution in [1.29, 1.82) is 5.26 Å². The molecule has 0 atom stereocenters. The van der Waals surface area contributed by atoms with Crippen molar-refractivity contribution in [2.24, 2.45) is 0 Å². The van der Waals surface area contributed by atoms with E-state index in [1.54, 1.807) is 6.07 Å². The van der Waals surface area contributed by atoms with Gasteiger partial charge in [0.15, 0.2) is 0 Å². The van der Waals surface area contributed by atoms with E-state index in [1.165, 1.54) is 6.26 Å². The van der Waals surface area contributed by atoms with Gasteiger partial charge in [-0.1, -0.05) is 15.9 Å². The largest absolute Gasteiger partial charge is 0.467 e. The number of furan rings is 1. The number of nitrogens with zero attached hydrogens (tertiary/aromatic N) is 1. The van der Waals surface area contributed by atoms with Gasteiger partial charge in [-0.25, -0.2) is 0 Å². The third kappa shape index (κ3) is 1.33. The van der Waals surface area contributed by atoms with Gasteiger partial charge in [-0.15, -0.1) is 0 Å². The molecule has 0 bridgehead atoms. The number of nitriles is 1. The molecule has 0 aliphatic heterocycles. The van der Waals surface area contributed by atoms with E-state index < -0.39 is 0 Å². The second-order valence-corrected chi connectivity index (χ2v) is 2.11. The van der Waals surface area contributed by atoms with Crippen molar-refractivity contribution in [3.05, 3.63) is 23.7 Å². The average molecular weight is 186 g/mol. The third-order valence-corrected chi connectivity index (χ3v) is 1.47. The molecule has 0 N–H and O–H groups in total. The van der Waals surface area contributed by atoms with E-state index in [4.69, 9.17) is 9.68 Å². The highest BCUT2D eigenvalue weighted by atomic mass is 79.9. The lowest BCUT2D eigenvalue weighted by Gasteiger charge is -1.77. The molecule has 1 aromatic rings. The van der Waals surface area contributed by atoms with E-state index in [2.05, 4.69) is 15.9 Å². The van der Waals surface area contributed by atoms with Crippen molar-refractivity contribution < 1.29 is 4.42 Å². The topological polar surface area (TPSA) is 36.9 Å². The van der Waals surface area contributed by atoms with E-state index in [-0.39, 0.29) is 0 Å². The third-order valence-electron chi connectivity index (χ3n) is 0.915. The monoisotopic (exact) mass is 185 g/mol. The number of alkyl halides is 1. The fourth-order valence-corrected chi connectivity index (χ4v) is 0.803. The highest BCUT2D eigenvalue weighted by molar-refractivity contribution is 9.08. The molecule has 1 heterocycles. The van der Waals surface area contributed by atoms with Crippen LogP contribution in [0.5, 0.6) is 0 Å². The zero-order valence-corrected chi connectivity index (χ0v) is 6.18. The van der Waals surface area contributed by atoms with Crippen LogP contribution in [0.4, 0.5) is 0 Å². The van der Waals surface area contributed by atoms with Crippen molar-refractivity contribution in [1.82, 2.24) is 0 Å². The van der Waals surface area contributed by atoms with Gasteiger partial charge in [0.1, 0.15) is 18.1 Å². The summed E-state index contributed by atoms with van der Waals surface area (Å²) >= 11 is 3.20. The van der Waals surface area contributed by atoms with Crippen LogP contribution in [0, 0.1) is 11.3 Å². The lowest BCUT2D eigenvalue weighted by Crippen LogP contribution is -1.64. The first-order valence-corrected chi connectivity index (χ1v) is 3.52. The Bertz CT molecular complexity index is 235. The smallest absolute Gasteiger partial charge is 0.115 e. The van der Waals surface area contributed by atoms with Gasteiger partial charge in [0.25, 0.3) is 0 Å². The van der Waals surface area contributed by atoms with Gasteiger partial charge in [0.05, 0.1) is 10.9 Å². The molecule has 0 saturated heterocycles. The SMILES string of the molecule is N#Cc1coc(CBr)c1. The lowest BCUT2D eigenvalue weighted by atomic mass is 10.3. The highest BCUT2D eigenvalue weighted by Gasteiger charge is 1.96. The van der Waals surface area contributed by atoms with Crippen molar-refractivity contribution in [3.8, 4) is 6.07 Å². The molecule has 2 nitrogen and oxygen atoms in total. The molecule has 3 heteroatoms. The van der Waals surface area contributed by atoms with E-state index in [0.717, 1.165) is 5.76 Å². The Morgan fingerprint density at radius 1 is 1.78 bits per heavy atom. The summed E-state index contributed by atoms with van der Waals surface area (Å²) in [5.41, 5.74) is 0.574. The van der Waals surface area contributed by atoms with E-state index in [0.29, 0.717) is 10.9 Å². The molecule has 0 aliphatic carbocycles. The Morgan fingerprint density at radius 3 is 2.89 bits per heavy atom. The molecular formula is C6H4BrNO. The number of rotatable bonds is 1. The number of hydrogen-bond acceptors (Lipinski definition) is 2. The molecule has 0 aliphatic rings. The van der Waals surface area contributed by atoms with Crippen molar-refractivity contribution >= 4 is 15.9 Å². The summed E-state index contributed by atoms with van der Waals surface area (Å²) in [4.78, 5) is 0. The summed E-state index contributed by atoms with van der Waals surface area (Å²) in [7, 11) is 0. The summed E-state index contributed by atoms with van der Waals surface area (Å²) < 4.78 is 4.94. The number of halogens is 1. The lowest BCUT2D eigenvalue weighted by molar-refractivity contribution is 0.531. The molecule has 0 fully saturated rings. The molecular weight excluding hydrogens is 182 g/mol. The molecule has 1 aromatic heterocycles. The molecule has 0 spiro atoms. The summed E-state index contributed by atoms with van der Waals surface area (Å²) in [6.45, 7) is 0. The molecule has 0 saturated carbocycles. The van der Waals surface area contributed by atoms with Crippen molar-refractivity contribution in [2.45, 2.75) is 5.33 Å². The molecule has 9 heavy (non-hydrogen) atoms. The van der Waals surface area contributed by atoms with Crippen LogP contribution in [-0.2, 0) is 5.33 Å². The second-order valence-electron chi connectivity index (χ2n) is 1.55. The van der Waals surface area contributed by atoms with Gasteiger partial charge < -0.3 is 4.42 Å². The first kappa shape index (κ1) is 6.37. The normalized spacial score (nSPS) is 8.89. The molecule has 0 amide bonds. The minimum absolute atomic E-state index is 0.574. The Hall–Kier alpha value is -0.750. The standard InChI is InChI=1S/C6H4BrNO/c7-2-6-1-5(3-8)4-9-6/h1,4H,2H2. The van der Waals surface area contributed by atoms with E-state index >= 15 is 0 Å². The molecule has 1 rings (SSSR count). The van der Waals surface area contributed by atoms with Crippen LogP contribution in [0.1, 0.15) is 11.3 Å². The van der Waals surface area contributed by atoms with Gasteiger partial charge >= 0.3 is 0 Å². The summed E-state index contributed by atoms with van der Waals surface area (Å²) in [5, 5.41) is 8.98. The molecule has 0 aromatic carbocycles. The Labute approximate surface area is 61.2 Å². The van der Waals surface area contributed by atoms with Crippen LogP contribution in [0.3, 0.4) is 0 Å². The van der Waals surface area contributed by atoms with Crippen LogP contribution >= 0.6 is 15.9 Å². The average Bonchev–Trinajstić information content (AvgIpc) is 2.34.